The van der Waals surface area contributed by atoms with Crippen LogP contribution in [0.2, 0.25) is 0 Å². The molecule has 0 aliphatic rings. The third-order valence-electron chi connectivity index (χ3n) is 2.93. The van der Waals surface area contributed by atoms with Crippen LogP contribution in [0.5, 0.6) is 5.75 Å². The van der Waals surface area contributed by atoms with E-state index in [1.54, 1.807) is 24.1 Å². The van der Waals surface area contributed by atoms with E-state index in [4.69, 9.17) is 15.3 Å². The molecule has 0 unspecified atom stereocenters. The van der Waals surface area contributed by atoms with Crippen molar-refractivity contribution in [3.8, 4) is 5.75 Å². The Bertz CT molecular complexity index is 555. The number of para-hydroxylation sites is 1. The first-order valence-electron chi connectivity index (χ1n) is 7.00. The minimum atomic E-state index is -0.170. The number of amidine groups is 1. The fourth-order valence-electron chi connectivity index (χ4n) is 1.86. The minimum absolute atomic E-state index is 0.160. The zero-order chi connectivity index (χ0) is 16.5. The van der Waals surface area contributed by atoms with Gasteiger partial charge in [-0.3, -0.25) is 4.79 Å². The van der Waals surface area contributed by atoms with Gasteiger partial charge in [0.05, 0.1) is 12.7 Å². The summed E-state index contributed by atoms with van der Waals surface area (Å²) in [5.41, 5.74) is 7.38. The number of carbonyl (C=O) groups is 1. The van der Waals surface area contributed by atoms with Gasteiger partial charge in [-0.05, 0) is 26.0 Å². The molecule has 0 fully saturated rings. The number of hydrogen-bond acceptors (Lipinski definition) is 4. The minimum Gasteiger partial charge on any atom is -0.496 e. The van der Waals surface area contributed by atoms with Crippen LogP contribution in [-0.4, -0.2) is 43.4 Å². The topological polar surface area (TPSA) is 77.2 Å². The molecular weight excluding hydrogens is 282 g/mol. The number of rotatable bonds is 8. The van der Waals surface area contributed by atoms with Crippen molar-refractivity contribution < 1.29 is 14.4 Å². The number of oxime groups is 1. The molecule has 0 atom stereocenters. The second kappa shape index (κ2) is 8.71. The summed E-state index contributed by atoms with van der Waals surface area (Å²) in [5.74, 6) is 0.589. The van der Waals surface area contributed by atoms with E-state index < -0.39 is 0 Å². The average molecular weight is 305 g/mol. The smallest absolute Gasteiger partial charge is 0.263 e. The lowest BCUT2D eigenvalue weighted by Gasteiger charge is -2.20. The van der Waals surface area contributed by atoms with E-state index in [9.17, 15) is 4.79 Å². The van der Waals surface area contributed by atoms with Crippen molar-refractivity contribution in [1.82, 2.24) is 4.90 Å². The number of likely N-dealkylation sites (N-methyl/N-ethyl adjacent to an activating group) is 1. The lowest BCUT2D eigenvalue weighted by Crippen LogP contribution is -2.34. The molecule has 22 heavy (non-hydrogen) atoms. The summed E-state index contributed by atoms with van der Waals surface area (Å²) < 4.78 is 5.19. The molecule has 0 heterocycles. The summed E-state index contributed by atoms with van der Waals surface area (Å²) in [4.78, 5) is 18.7. The van der Waals surface area contributed by atoms with E-state index in [1.165, 1.54) is 0 Å². The summed E-state index contributed by atoms with van der Waals surface area (Å²) in [6.07, 6.45) is 0. The second-order valence-corrected chi connectivity index (χ2v) is 4.82. The molecule has 0 bridgehead atoms. The van der Waals surface area contributed by atoms with Crippen LogP contribution >= 0.6 is 0 Å². The lowest BCUT2D eigenvalue weighted by atomic mass is 10.2. The van der Waals surface area contributed by atoms with Gasteiger partial charge < -0.3 is 20.2 Å². The first-order valence-corrected chi connectivity index (χ1v) is 7.00. The maximum absolute atomic E-state index is 12.0. The van der Waals surface area contributed by atoms with Gasteiger partial charge in [-0.2, -0.15) is 0 Å². The lowest BCUT2D eigenvalue weighted by molar-refractivity contribution is -0.135. The van der Waals surface area contributed by atoms with E-state index in [-0.39, 0.29) is 18.3 Å². The Morgan fingerprint density at radius 3 is 2.68 bits per heavy atom. The Kier molecular flexibility index (Phi) is 6.95. The Labute approximate surface area is 131 Å². The highest BCUT2D eigenvalue weighted by molar-refractivity contribution is 5.99. The highest BCUT2D eigenvalue weighted by atomic mass is 16.6. The van der Waals surface area contributed by atoms with Crippen LogP contribution in [0.3, 0.4) is 0 Å². The van der Waals surface area contributed by atoms with Crippen molar-refractivity contribution in [3.63, 3.8) is 0 Å². The van der Waals surface area contributed by atoms with Crippen molar-refractivity contribution in [2.24, 2.45) is 10.9 Å². The monoisotopic (exact) mass is 305 g/mol. The molecule has 2 N–H and O–H groups in total. The van der Waals surface area contributed by atoms with E-state index in [0.717, 1.165) is 5.57 Å². The third kappa shape index (κ3) is 5.12. The van der Waals surface area contributed by atoms with Gasteiger partial charge in [0.2, 0.25) is 0 Å². The van der Waals surface area contributed by atoms with Crippen molar-refractivity contribution in [2.75, 3.05) is 26.8 Å². The van der Waals surface area contributed by atoms with Gasteiger partial charge >= 0.3 is 0 Å². The molecule has 0 saturated heterocycles. The van der Waals surface area contributed by atoms with E-state index in [2.05, 4.69) is 11.7 Å². The van der Waals surface area contributed by atoms with Crippen LogP contribution in [0.4, 0.5) is 0 Å². The Morgan fingerprint density at radius 2 is 2.09 bits per heavy atom. The summed E-state index contributed by atoms with van der Waals surface area (Å²) in [7, 11) is 1.55. The molecule has 6 heteroatoms. The van der Waals surface area contributed by atoms with E-state index in [1.807, 2.05) is 26.0 Å². The Hall–Kier alpha value is -2.50. The van der Waals surface area contributed by atoms with Crippen molar-refractivity contribution >= 4 is 11.7 Å². The van der Waals surface area contributed by atoms with Gasteiger partial charge in [-0.1, -0.05) is 29.4 Å². The molecule has 0 radical (unpaired) electrons. The largest absolute Gasteiger partial charge is 0.496 e. The molecule has 1 rings (SSSR count). The third-order valence-corrected chi connectivity index (χ3v) is 2.93. The first kappa shape index (κ1) is 17.6. The first-order chi connectivity index (χ1) is 10.5. The van der Waals surface area contributed by atoms with Crippen LogP contribution in [-0.2, 0) is 9.63 Å². The van der Waals surface area contributed by atoms with E-state index >= 15 is 0 Å². The number of nitrogens with two attached hydrogens (primary N) is 1. The molecule has 0 spiro atoms. The van der Waals surface area contributed by atoms with Crippen LogP contribution < -0.4 is 10.5 Å². The predicted octanol–water partition coefficient (Wildman–Crippen LogP) is 1.76. The predicted molar refractivity (Wildman–Crippen MR) is 86.7 cm³/mol. The van der Waals surface area contributed by atoms with Gasteiger partial charge in [0.15, 0.2) is 12.4 Å². The van der Waals surface area contributed by atoms with Crippen molar-refractivity contribution in [3.05, 3.63) is 42.0 Å². The van der Waals surface area contributed by atoms with Gasteiger partial charge in [0.1, 0.15) is 5.75 Å². The SMILES string of the molecule is C=C(C)CN(CC)C(=O)CO/N=C(/N)c1ccccc1OC. The van der Waals surface area contributed by atoms with E-state index in [0.29, 0.717) is 24.4 Å². The number of nitrogens with zero attached hydrogens (tertiary/aromatic N) is 2. The molecule has 0 aromatic heterocycles. The molecule has 1 amide bonds. The molecule has 0 saturated carbocycles. The Morgan fingerprint density at radius 1 is 1.41 bits per heavy atom. The summed E-state index contributed by atoms with van der Waals surface area (Å²) in [5, 5.41) is 3.78. The van der Waals surface area contributed by atoms with Crippen LogP contribution in [0.15, 0.2) is 41.6 Å². The van der Waals surface area contributed by atoms with Gasteiger partial charge in [-0.15, -0.1) is 0 Å². The van der Waals surface area contributed by atoms with Gasteiger partial charge in [-0.25, -0.2) is 0 Å². The number of amides is 1. The normalized spacial score (nSPS) is 11.0. The fraction of sp³-hybridized carbons (Fsp3) is 0.375. The molecular formula is C16H23N3O3. The molecule has 120 valence electrons. The maximum Gasteiger partial charge on any atom is 0.263 e. The van der Waals surface area contributed by atoms with Crippen molar-refractivity contribution in [1.29, 1.82) is 0 Å². The van der Waals surface area contributed by atoms with Crippen LogP contribution in [0.25, 0.3) is 0 Å². The summed E-state index contributed by atoms with van der Waals surface area (Å²) in [6.45, 7) is 8.48. The van der Waals surface area contributed by atoms with Gasteiger partial charge in [0.25, 0.3) is 5.91 Å². The molecule has 1 aromatic rings. The average Bonchev–Trinajstić information content (AvgIpc) is 2.51. The zero-order valence-electron chi connectivity index (χ0n) is 13.3. The number of benzene rings is 1. The molecule has 1 aromatic carbocycles. The number of ether oxygens (including phenoxy) is 1. The molecule has 0 aliphatic heterocycles. The molecule has 6 nitrogen and oxygen atoms in total. The summed E-state index contributed by atoms with van der Waals surface area (Å²) in [6, 6.07) is 7.19. The quantitative estimate of drug-likeness (QED) is 0.343. The Balaban J connectivity index is 2.64. The van der Waals surface area contributed by atoms with Crippen LogP contribution in [0, 0.1) is 0 Å². The highest BCUT2D eigenvalue weighted by Crippen LogP contribution is 2.16. The zero-order valence-corrected chi connectivity index (χ0v) is 13.3. The number of hydrogen-bond donors (Lipinski definition) is 1. The number of methoxy groups -OCH3 is 1. The van der Waals surface area contributed by atoms with Crippen LogP contribution in [0.1, 0.15) is 19.4 Å². The van der Waals surface area contributed by atoms with Crippen molar-refractivity contribution in [2.45, 2.75) is 13.8 Å². The number of carbonyl (C=O) groups excluding carboxylic acids is 1. The van der Waals surface area contributed by atoms with Gasteiger partial charge in [0, 0.05) is 13.1 Å². The highest BCUT2D eigenvalue weighted by Gasteiger charge is 2.12. The fourth-order valence-corrected chi connectivity index (χ4v) is 1.86. The molecule has 0 aliphatic carbocycles. The maximum atomic E-state index is 12.0. The standard InChI is InChI=1S/C16H23N3O3/c1-5-19(10-12(2)3)15(20)11-22-18-16(17)13-8-6-7-9-14(13)21-4/h6-9H,2,5,10-11H2,1,3-4H3,(H2,17,18). The summed E-state index contributed by atoms with van der Waals surface area (Å²) >= 11 is 0. The second-order valence-electron chi connectivity index (χ2n) is 4.82.